The van der Waals surface area contributed by atoms with Crippen molar-refractivity contribution in [2.24, 2.45) is 0 Å². The molecule has 0 atom stereocenters. The maximum absolute atomic E-state index is 12.0. The number of furan rings is 2. The number of anilines is 2. The highest BCUT2D eigenvalue weighted by Crippen LogP contribution is 2.21. The molecular formula is C26H18N4O7. The smallest absolute Gasteiger partial charge is 0.419 e. The van der Waals surface area contributed by atoms with Crippen molar-refractivity contribution in [2.45, 2.75) is 13.2 Å². The van der Waals surface area contributed by atoms with Crippen LogP contribution < -0.4 is 20.1 Å². The zero-order valence-corrected chi connectivity index (χ0v) is 19.1. The van der Waals surface area contributed by atoms with Gasteiger partial charge in [0.2, 0.25) is 11.8 Å². The molecule has 2 aromatic heterocycles. The van der Waals surface area contributed by atoms with Crippen LogP contribution in [0.2, 0.25) is 0 Å². The number of nitrogens with one attached hydrogen (secondary N) is 2. The van der Waals surface area contributed by atoms with Crippen LogP contribution in [0.25, 0.3) is 9.69 Å². The van der Waals surface area contributed by atoms with Gasteiger partial charge in [0.25, 0.3) is 0 Å². The summed E-state index contributed by atoms with van der Waals surface area (Å²) < 4.78 is 26.8. The quantitative estimate of drug-likeness (QED) is 0.253. The van der Waals surface area contributed by atoms with Crippen molar-refractivity contribution < 1.29 is 32.6 Å². The number of nitrogens with zero attached hydrogens (tertiary/aromatic N) is 2. The highest BCUT2D eigenvalue weighted by molar-refractivity contribution is 5.85. The van der Waals surface area contributed by atoms with E-state index in [1.165, 1.54) is 24.3 Å². The SMILES string of the molecule is [C-]#[N+]c1ccc(OC(=O)Nc2ccc(COCc3ccc(NC(=O)Oc4ccc([N+]#[C-])cc4)o3)o2)cc1. The molecular weight excluding hydrogens is 480 g/mol. The van der Waals surface area contributed by atoms with Crippen molar-refractivity contribution in [3.05, 3.63) is 107 Å². The van der Waals surface area contributed by atoms with Gasteiger partial charge in [0, 0.05) is 12.1 Å². The summed E-state index contributed by atoms with van der Waals surface area (Å²) in [6.07, 6.45) is -1.49. The zero-order chi connectivity index (χ0) is 26.0. The molecule has 4 aromatic rings. The first-order chi connectivity index (χ1) is 18.0. The summed E-state index contributed by atoms with van der Waals surface area (Å²) >= 11 is 0. The molecule has 0 fully saturated rings. The fraction of sp³-hybridized carbons (Fsp3) is 0.0769. The second-order valence-corrected chi connectivity index (χ2v) is 7.27. The first kappa shape index (κ1) is 24.6. The molecule has 0 aliphatic rings. The Morgan fingerprint density at radius 3 is 1.43 bits per heavy atom. The second-order valence-electron chi connectivity index (χ2n) is 7.27. The maximum Gasteiger partial charge on any atom is 0.419 e. The number of rotatable bonds is 8. The summed E-state index contributed by atoms with van der Waals surface area (Å²) in [5, 5.41) is 4.93. The van der Waals surface area contributed by atoms with E-state index in [0.29, 0.717) is 22.9 Å². The minimum atomic E-state index is -0.744. The third kappa shape index (κ3) is 7.23. The third-order valence-electron chi connectivity index (χ3n) is 4.62. The van der Waals surface area contributed by atoms with Gasteiger partial charge >= 0.3 is 12.2 Å². The third-order valence-corrected chi connectivity index (χ3v) is 4.62. The molecule has 0 aliphatic carbocycles. The Kier molecular flexibility index (Phi) is 7.81. The lowest BCUT2D eigenvalue weighted by Crippen LogP contribution is -2.16. The van der Waals surface area contributed by atoms with Crippen molar-refractivity contribution in [1.29, 1.82) is 0 Å². The summed E-state index contributed by atoms with van der Waals surface area (Å²) in [5.74, 6) is 1.83. The summed E-state index contributed by atoms with van der Waals surface area (Å²) in [6, 6.07) is 18.6. The van der Waals surface area contributed by atoms with Crippen LogP contribution in [0.5, 0.6) is 11.5 Å². The van der Waals surface area contributed by atoms with Crippen molar-refractivity contribution >= 4 is 35.3 Å². The molecule has 0 unspecified atom stereocenters. The molecule has 4 rings (SSSR count). The Hall–Kier alpha value is -5.52. The van der Waals surface area contributed by atoms with Crippen molar-refractivity contribution in [3.63, 3.8) is 0 Å². The van der Waals surface area contributed by atoms with E-state index in [1.807, 2.05) is 0 Å². The molecule has 11 nitrogen and oxygen atoms in total. The Labute approximate surface area is 210 Å². The van der Waals surface area contributed by atoms with E-state index in [2.05, 4.69) is 20.3 Å². The average molecular weight is 498 g/mol. The number of benzene rings is 2. The molecule has 184 valence electrons. The maximum atomic E-state index is 12.0. The molecule has 11 heteroatoms. The Balaban J connectivity index is 1.18. The van der Waals surface area contributed by atoms with E-state index in [1.54, 1.807) is 48.5 Å². The fourth-order valence-electron chi connectivity index (χ4n) is 2.94. The lowest BCUT2D eigenvalue weighted by Gasteiger charge is -2.05. The van der Waals surface area contributed by atoms with Gasteiger partial charge in [-0.05, 0) is 36.4 Å². The summed E-state index contributed by atoms with van der Waals surface area (Å²) in [7, 11) is 0. The van der Waals surface area contributed by atoms with Crippen molar-refractivity contribution in [3.8, 4) is 11.5 Å². The van der Waals surface area contributed by atoms with Gasteiger partial charge in [0.05, 0.1) is 13.1 Å². The molecule has 2 N–H and O–H groups in total. The van der Waals surface area contributed by atoms with E-state index in [0.717, 1.165) is 0 Å². The minimum absolute atomic E-state index is 0.0981. The van der Waals surface area contributed by atoms with Crippen LogP contribution in [0, 0.1) is 13.1 Å². The van der Waals surface area contributed by atoms with Gasteiger partial charge in [-0.2, -0.15) is 0 Å². The summed E-state index contributed by atoms with van der Waals surface area (Å²) in [6.45, 7) is 14.0. The van der Waals surface area contributed by atoms with Gasteiger partial charge in [-0.1, -0.05) is 24.3 Å². The summed E-state index contributed by atoms with van der Waals surface area (Å²) in [5.41, 5.74) is 0.877. The molecule has 2 heterocycles. The van der Waals surface area contributed by atoms with Crippen LogP contribution in [-0.2, 0) is 18.0 Å². The molecule has 0 radical (unpaired) electrons. The molecule has 37 heavy (non-hydrogen) atoms. The molecule has 0 saturated carbocycles. The Morgan fingerprint density at radius 1 is 0.649 bits per heavy atom. The van der Waals surface area contributed by atoms with Crippen molar-refractivity contribution in [1.82, 2.24) is 0 Å². The first-order valence-corrected chi connectivity index (χ1v) is 10.7. The predicted octanol–water partition coefficient (Wildman–Crippen LogP) is 6.91. The van der Waals surface area contributed by atoms with Crippen LogP contribution in [0.1, 0.15) is 11.5 Å². The van der Waals surface area contributed by atoms with E-state index < -0.39 is 12.2 Å². The number of carbonyl (C=O) groups excluding carboxylic acids is 2. The Bertz CT molecular complexity index is 1350. The van der Waals surface area contributed by atoms with Crippen LogP contribution in [-0.4, -0.2) is 12.2 Å². The van der Waals surface area contributed by atoms with Gasteiger partial charge < -0.3 is 23.0 Å². The summed E-state index contributed by atoms with van der Waals surface area (Å²) in [4.78, 5) is 30.5. The Morgan fingerprint density at radius 2 is 1.05 bits per heavy atom. The molecule has 2 amide bonds. The second kappa shape index (κ2) is 11.8. The highest BCUT2D eigenvalue weighted by atomic mass is 16.6. The van der Waals surface area contributed by atoms with Crippen LogP contribution in [0.3, 0.4) is 0 Å². The number of carbonyl (C=O) groups is 2. The lowest BCUT2D eigenvalue weighted by atomic mass is 10.3. The molecule has 0 aliphatic heterocycles. The molecule has 0 spiro atoms. The fourth-order valence-corrected chi connectivity index (χ4v) is 2.94. The number of hydrogen-bond donors (Lipinski definition) is 2. The monoisotopic (exact) mass is 498 g/mol. The predicted molar refractivity (Wildman–Crippen MR) is 131 cm³/mol. The van der Waals surface area contributed by atoms with Crippen LogP contribution in [0.15, 0.2) is 81.6 Å². The lowest BCUT2D eigenvalue weighted by molar-refractivity contribution is 0.0813. The van der Waals surface area contributed by atoms with E-state index in [4.69, 9.17) is 36.2 Å². The molecule has 2 aromatic carbocycles. The van der Waals surface area contributed by atoms with Gasteiger partial charge in [0.15, 0.2) is 11.4 Å². The van der Waals surface area contributed by atoms with E-state index >= 15 is 0 Å². The van der Waals surface area contributed by atoms with Gasteiger partial charge in [-0.3, -0.25) is 10.6 Å². The van der Waals surface area contributed by atoms with Crippen LogP contribution >= 0.6 is 0 Å². The van der Waals surface area contributed by atoms with Gasteiger partial charge in [-0.25, -0.2) is 19.3 Å². The average Bonchev–Trinajstić information content (AvgIpc) is 3.54. The first-order valence-electron chi connectivity index (χ1n) is 10.7. The van der Waals surface area contributed by atoms with Gasteiger partial charge in [-0.15, -0.1) is 0 Å². The standard InChI is InChI=1S/C26H18N4O7/c1-27-17-3-7-19(8-4-17)36-25(31)29-23-13-11-21(34-23)15-33-16-22-12-14-24(35-22)30-26(32)37-20-9-5-18(28-2)6-10-20/h3-14H,15-16H2,(H,29,31)(H,30,32). The van der Waals surface area contributed by atoms with E-state index in [9.17, 15) is 9.59 Å². The van der Waals surface area contributed by atoms with Crippen LogP contribution in [0.4, 0.5) is 32.7 Å². The molecule has 0 saturated heterocycles. The minimum Gasteiger partial charge on any atom is -0.443 e. The normalized spacial score (nSPS) is 10.1. The zero-order valence-electron chi connectivity index (χ0n) is 19.1. The highest BCUT2D eigenvalue weighted by Gasteiger charge is 2.11. The number of ether oxygens (including phenoxy) is 3. The van der Waals surface area contributed by atoms with Crippen molar-refractivity contribution in [2.75, 3.05) is 10.6 Å². The van der Waals surface area contributed by atoms with E-state index in [-0.39, 0.29) is 36.5 Å². The molecule has 0 bridgehead atoms. The number of amides is 2. The largest absolute Gasteiger partial charge is 0.443 e. The number of hydrogen-bond acceptors (Lipinski definition) is 7. The van der Waals surface area contributed by atoms with Gasteiger partial charge in [0.1, 0.15) is 36.2 Å². The topological polar surface area (TPSA) is 121 Å².